The molecule has 1 aliphatic heterocycles. The van der Waals surface area contributed by atoms with Crippen LogP contribution in [0.5, 0.6) is 0 Å². The number of aliphatic carboxylic acids is 1. The van der Waals surface area contributed by atoms with Gasteiger partial charge < -0.3 is 10.4 Å². The van der Waals surface area contributed by atoms with Gasteiger partial charge in [0.15, 0.2) is 5.82 Å². The number of likely N-dealkylation sites (tertiary alicyclic amines) is 1. The highest BCUT2D eigenvalue weighted by molar-refractivity contribution is 5.75. The summed E-state index contributed by atoms with van der Waals surface area (Å²) in [7, 11) is 0. The van der Waals surface area contributed by atoms with E-state index < -0.39 is 17.2 Å². The van der Waals surface area contributed by atoms with Gasteiger partial charge in [-0.1, -0.05) is 24.3 Å². The van der Waals surface area contributed by atoms with Gasteiger partial charge in [0.1, 0.15) is 11.6 Å². The maximum atomic E-state index is 14.7. The van der Waals surface area contributed by atoms with Gasteiger partial charge in [-0.15, -0.1) is 0 Å². The standard InChI is InChI=1S/C26H32FN5O2/c1-17-7-5-6-8-19(17)25(3,4)32-13-11-26(12-14-32,24(33)34)16-21-20(27)9-10-22(28-21)29-23-15-18(2)30-31-23/h5-10,15H,11-14,16H2,1-4H3,(H,33,34)(H2,28,29,30,31). The van der Waals surface area contributed by atoms with Gasteiger partial charge in [-0.3, -0.25) is 14.8 Å². The van der Waals surface area contributed by atoms with Gasteiger partial charge >= 0.3 is 5.97 Å². The summed E-state index contributed by atoms with van der Waals surface area (Å²) in [5.41, 5.74) is 2.20. The van der Waals surface area contributed by atoms with Gasteiger partial charge in [0.2, 0.25) is 0 Å². The van der Waals surface area contributed by atoms with Gasteiger partial charge in [0.25, 0.3) is 0 Å². The van der Waals surface area contributed by atoms with Crippen LogP contribution in [-0.2, 0) is 16.8 Å². The molecule has 1 aromatic carbocycles. The number of H-pyrrole nitrogens is 1. The Morgan fingerprint density at radius 1 is 1.18 bits per heavy atom. The molecule has 0 saturated carbocycles. The Hall–Kier alpha value is -3.26. The Bertz CT molecular complexity index is 1180. The molecule has 8 heteroatoms. The van der Waals surface area contributed by atoms with E-state index in [1.165, 1.54) is 23.3 Å². The van der Waals surface area contributed by atoms with E-state index in [1.54, 1.807) is 0 Å². The van der Waals surface area contributed by atoms with Crippen molar-refractivity contribution in [1.82, 2.24) is 20.1 Å². The van der Waals surface area contributed by atoms with E-state index in [1.807, 2.05) is 25.1 Å². The van der Waals surface area contributed by atoms with Crippen molar-refractivity contribution < 1.29 is 14.3 Å². The maximum absolute atomic E-state index is 14.7. The first kappa shape index (κ1) is 23.9. The summed E-state index contributed by atoms with van der Waals surface area (Å²) in [6, 6.07) is 13.0. The number of anilines is 2. The smallest absolute Gasteiger partial charge is 0.310 e. The zero-order valence-electron chi connectivity index (χ0n) is 20.2. The second kappa shape index (κ2) is 9.18. The minimum Gasteiger partial charge on any atom is -0.481 e. The van der Waals surface area contributed by atoms with Crippen molar-refractivity contribution in [3.63, 3.8) is 0 Å². The highest BCUT2D eigenvalue weighted by Crippen LogP contribution is 2.40. The number of hydrogen-bond donors (Lipinski definition) is 3. The molecule has 34 heavy (non-hydrogen) atoms. The van der Waals surface area contributed by atoms with Crippen LogP contribution in [0.2, 0.25) is 0 Å². The van der Waals surface area contributed by atoms with Crippen LogP contribution in [0.3, 0.4) is 0 Å². The van der Waals surface area contributed by atoms with Gasteiger partial charge in [-0.2, -0.15) is 5.10 Å². The second-order valence-corrected chi connectivity index (χ2v) is 9.81. The van der Waals surface area contributed by atoms with Crippen molar-refractivity contribution in [3.8, 4) is 0 Å². The Morgan fingerprint density at radius 3 is 2.50 bits per heavy atom. The molecule has 180 valence electrons. The van der Waals surface area contributed by atoms with Crippen molar-refractivity contribution in [3.05, 3.63) is 70.8 Å². The zero-order valence-corrected chi connectivity index (χ0v) is 20.2. The molecule has 0 bridgehead atoms. The van der Waals surface area contributed by atoms with Crippen molar-refractivity contribution >= 4 is 17.6 Å². The number of carboxylic acids is 1. The molecule has 3 N–H and O–H groups in total. The third-order valence-electron chi connectivity index (χ3n) is 7.16. The summed E-state index contributed by atoms with van der Waals surface area (Å²) in [6.07, 6.45) is 0.895. The minimum atomic E-state index is -1.06. The topological polar surface area (TPSA) is 94.1 Å². The van der Waals surface area contributed by atoms with E-state index in [0.29, 0.717) is 37.6 Å². The molecule has 1 fully saturated rings. The quantitative estimate of drug-likeness (QED) is 0.457. The summed E-state index contributed by atoms with van der Waals surface area (Å²) in [6.45, 7) is 9.55. The predicted molar refractivity (Wildman–Crippen MR) is 130 cm³/mol. The molecule has 0 unspecified atom stereocenters. The normalized spacial score (nSPS) is 16.4. The van der Waals surface area contributed by atoms with Crippen molar-refractivity contribution in [2.45, 2.75) is 52.5 Å². The van der Waals surface area contributed by atoms with E-state index in [0.717, 1.165) is 5.69 Å². The molecular formula is C26H32FN5O2. The van der Waals surface area contributed by atoms with Crippen LogP contribution < -0.4 is 5.32 Å². The molecule has 0 atom stereocenters. The number of hydrogen-bond acceptors (Lipinski definition) is 5. The number of nitrogens with zero attached hydrogens (tertiary/aromatic N) is 3. The molecule has 0 spiro atoms. The number of aryl methyl sites for hydroxylation is 2. The fraction of sp³-hybridized carbons (Fsp3) is 0.423. The number of carboxylic acid groups (broad SMARTS) is 1. The van der Waals surface area contributed by atoms with Crippen LogP contribution in [0.15, 0.2) is 42.5 Å². The molecule has 3 aromatic rings. The summed E-state index contributed by atoms with van der Waals surface area (Å²) in [4.78, 5) is 19.2. The second-order valence-electron chi connectivity index (χ2n) is 9.81. The molecule has 7 nitrogen and oxygen atoms in total. The molecule has 2 aromatic heterocycles. The lowest BCUT2D eigenvalue weighted by atomic mass is 9.73. The molecule has 4 rings (SSSR count). The van der Waals surface area contributed by atoms with Crippen LogP contribution in [0.25, 0.3) is 0 Å². The predicted octanol–water partition coefficient (Wildman–Crippen LogP) is 4.95. The lowest BCUT2D eigenvalue weighted by Crippen LogP contribution is -2.52. The van der Waals surface area contributed by atoms with Gasteiger partial charge in [-0.05, 0) is 63.8 Å². The summed E-state index contributed by atoms with van der Waals surface area (Å²) in [5, 5.41) is 20.2. The largest absolute Gasteiger partial charge is 0.481 e. The van der Waals surface area contributed by atoms with Crippen molar-refractivity contribution in [1.29, 1.82) is 0 Å². The first-order valence-corrected chi connectivity index (χ1v) is 11.6. The molecule has 1 saturated heterocycles. The number of halogens is 1. The van der Waals surface area contributed by atoms with Gasteiger partial charge in [-0.25, -0.2) is 9.37 Å². The third-order valence-corrected chi connectivity index (χ3v) is 7.16. The molecule has 0 radical (unpaired) electrons. The number of nitrogens with one attached hydrogen (secondary N) is 2. The number of aromatic nitrogens is 3. The highest BCUT2D eigenvalue weighted by Gasteiger charge is 2.45. The fourth-order valence-corrected chi connectivity index (χ4v) is 5.00. The number of carbonyl (C=O) groups is 1. The van der Waals surface area contributed by atoms with Crippen LogP contribution in [-0.4, -0.2) is 44.2 Å². The number of rotatable bonds is 7. The Morgan fingerprint density at radius 2 is 1.88 bits per heavy atom. The van der Waals surface area contributed by atoms with Gasteiger partial charge in [0, 0.05) is 36.8 Å². The van der Waals surface area contributed by atoms with E-state index in [4.69, 9.17) is 0 Å². The van der Waals surface area contributed by atoms with E-state index in [2.05, 4.69) is 58.3 Å². The fourth-order valence-electron chi connectivity index (χ4n) is 5.00. The van der Waals surface area contributed by atoms with E-state index in [9.17, 15) is 14.3 Å². The molecular weight excluding hydrogens is 433 g/mol. The van der Waals surface area contributed by atoms with E-state index >= 15 is 0 Å². The van der Waals surface area contributed by atoms with Crippen LogP contribution in [0.4, 0.5) is 16.0 Å². The molecule has 1 aliphatic rings. The Kier molecular flexibility index (Phi) is 6.45. The number of aromatic amines is 1. The van der Waals surface area contributed by atoms with Gasteiger partial charge in [0.05, 0.1) is 11.1 Å². The number of benzene rings is 1. The zero-order chi connectivity index (χ0) is 24.5. The molecule has 3 heterocycles. The number of pyridine rings is 1. The monoisotopic (exact) mass is 465 g/mol. The average Bonchev–Trinajstić information content (AvgIpc) is 3.21. The summed E-state index contributed by atoms with van der Waals surface area (Å²) in [5.74, 6) is -0.390. The average molecular weight is 466 g/mol. The molecule has 0 aliphatic carbocycles. The first-order chi connectivity index (χ1) is 16.1. The Balaban J connectivity index is 1.53. The van der Waals surface area contributed by atoms with E-state index in [-0.39, 0.29) is 17.7 Å². The van der Waals surface area contributed by atoms with Crippen LogP contribution in [0, 0.1) is 25.1 Å². The SMILES string of the molecule is Cc1cc(Nc2ccc(F)c(CC3(C(=O)O)CCN(C(C)(C)c4ccccc4C)CC3)n2)n[nH]1. The lowest BCUT2D eigenvalue weighted by molar-refractivity contribution is -0.153. The summed E-state index contributed by atoms with van der Waals surface area (Å²) >= 11 is 0. The highest BCUT2D eigenvalue weighted by atomic mass is 19.1. The Labute approximate surface area is 199 Å². The van der Waals surface area contributed by atoms with Crippen LogP contribution in [0.1, 0.15) is 49.2 Å². The third kappa shape index (κ3) is 4.68. The van der Waals surface area contributed by atoms with Crippen molar-refractivity contribution in [2.75, 3.05) is 18.4 Å². The maximum Gasteiger partial charge on any atom is 0.310 e. The molecule has 0 amide bonds. The van der Waals surface area contributed by atoms with Crippen molar-refractivity contribution in [2.24, 2.45) is 5.41 Å². The summed E-state index contributed by atoms with van der Waals surface area (Å²) < 4.78 is 14.7. The minimum absolute atomic E-state index is 0.0436. The lowest BCUT2D eigenvalue weighted by Gasteiger charge is -2.46. The number of piperidine rings is 1. The first-order valence-electron chi connectivity index (χ1n) is 11.6. The van der Waals surface area contributed by atoms with Crippen LogP contribution >= 0.6 is 0 Å².